The summed E-state index contributed by atoms with van der Waals surface area (Å²) in [6.45, 7) is 4.80. The van der Waals surface area contributed by atoms with Gasteiger partial charge in [-0.25, -0.2) is 0 Å². The van der Waals surface area contributed by atoms with Crippen molar-refractivity contribution < 1.29 is 9.53 Å². The van der Waals surface area contributed by atoms with Gasteiger partial charge in [0.15, 0.2) is 4.34 Å². The van der Waals surface area contributed by atoms with E-state index in [0.29, 0.717) is 25.4 Å². The van der Waals surface area contributed by atoms with Crippen molar-refractivity contribution in [2.75, 3.05) is 37.3 Å². The van der Waals surface area contributed by atoms with Crippen LogP contribution in [0.4, 0.5) is 5.13 Å². The molecule has 9 heteroatoms. The molecule has 2 aromatic heterocycles. The Morgan fingerprint density at radius 3 is 3.25 bits per heavy atom. The van der Waals surface area contributed by atoms with Gasteiger partial charge in [-0.15, -0.1) is 21.5 Å². The molecule has 0 saturated carbocycles. The van der Waals surface area contributed by atoms with Gasteiger partial charge in [-0.1, -0.05) is 29.2 Å². The molecule has 1 fully saturated rings. The van der Waals surface area contributed by atoms with Crippen LogP contribution in [0.1, 0.15) is 11.8 Å². The summed E-state index contributed by atoms with van der Waals surface area (Å²) >= 11 is 4.71. The monoisotopic (exact) mass is 384 g/mol. The van der Waals surface area contributed by atoms with E-state index < -0.39 is 0 Å². The van der Waals surface area contributed by atoms with Gasteiger partial charge < -0.3 is 15.0 Å². The molecule has 3 rings (SSSR count). The second kappa shape index (κ2) is 8.80. The summed E-state index contributed by atoms with van der Waals surface area (Å²) in [5.74, 6) is 0.536. The number of carbonyl (C=O) groups is 1. The van der Waals surface area contributed by atoms with Gasteiger partial charge in [-0.2, -0.15) is 0 Å². The molecule has 1 atom stereocenters. The van der Waals surface area contributed by atoms with E-state index in [1.165, 1.54) is 28.0 Å². The van der Waals surface area contributed by atoms with Crippen LogP contribution in [-0.4, -0.2) is 59.1 Å². The summed E-state index contributed by atoms with van der Waals surface area (Å²) in [5, 5.41) is 14.5. The molecule has 1 N–H and O–H groups in total. The van der Waals surface area contributed by atoms with E-state index in [-0.39, 0.29) is 12.0 Å². The number of hydrogen-bond donors (Lipinski definition) is 1. The number of rotatable bonds is 7. The van der Waals surface area contributed by atoms with Gasteiger partial charge in [-0.3, -0.25) is 4.79 Å². The Bertz CT molecular complexity index is 647. The van der Waals surface area contributed by atoms with Crippen LogP contribution in [0.5, 0.6) is 0 Å². The predicted octanol–water partition coefficient (Wildman–Crippen LogP) is 2.59. The first-order valence-electron chi connectivity index (χ1n) is 7.82. The molecule has 0 aliphatic carbocycles. The maximum absolute atomic E-state index is 12.2. The summed E-state index contributed by atoms with van der Waals surface area (Å²) in [7, 11) is 0. The fourth-order valence-electron chi connectivity index (χ4n) is 2.35. The van der Waals surface area contributed by atoms with Crippen LogP contribution in [0, 0.1) is 0 Å². The second-order valence-corrected chi connectivity index (χ2v) is 8.67. The number of aromatic nitrogens is 2. The van der Waals surface area contributed by atoms with Crippen molar-refractivity contribution in [3.05, 3.63) is 22.4 Å². The SMILES string of the molecule is CC1CN(C(=O)CSc2nnc(NCCc3cccs3)s2)CCO1. The third-order valence-corrected chi connectivity index (χ3v) is 6.48. The van der Waals surface area contributed by atoms with Gasteiger partial charge in [-0.05, 0) is 24.8 Å². The van der Waals surface area contributed by atoms with Crippen molar-refractivity contribution in [3.63, 3.8) is 0 Å². The molecule has 1 aliphatic rings. The predicted molar refractivity (Wildman–Crippen MR) is 99.1 cm³/mol. The normalized spacial score (nSPS) is 17.9. The van der Waals surface area contributed by atoms with Crippen molar-refractivity contribution in [3.8, 4) is 0 Å². The van der Waals surface area contributed by atoms with E-state index in [9.17, 15) is 4.79 Å². The molecule has 0 spiro atoms. The molecule has 3 heterocycles. The number of thiophene rings is 1. The molecule has 1 amide bonds. The molecule has 0 bridgehead atoms. The van der Waals surface area contributed by atoms with Gasteiger partial charge in [0.05, 0.1) is 18.5 Å². The Labute approximate surface area is 153 Å². The summed E-state index contributed by atoms with van der Waals surface area (Å²) in [4.78, 5) is 15.4. The molecule has 2 aromatic rings. The van der Waals surface area contributed by atoms with Crippen LogP contribution in [0.15, 0.2) is 21.9 Å². The Morgan fingerprint density at radius 2 is 2.46 bits per heavy atom. The minimum Gasteiger partial charge on any atom is -0.375 e. The number of hydrogen-bond acceptors (Lipinski definition) is 8. The standard InChI is InChI=1S/C15H20N4O2S3/c1-11-9-19(6-7-21-11)13(20)10-23-15-18-17-14(24-15)16-5-4-12-3-2-8-22-12/h2-3,8,11H,4-7,9-10H2,1H3,(H,16,17). The minimum absolute atomic E-state index is 0.119. The first-order valence-corrected chi connectivity index (χ1v) is 10.5. The van der Waals surface area contributed by atoms with Crippen LogP contribution in [0.3, 0.4) is 0 Å². The zero-order valence-corrected chi connectivity index (χ0v) is 15.9. The quantitative estimate of drug-likeness (QED) is 0.740. The highest BCUT2D eigenvalue weighted by molar-refractivity contribution is 8.01. The van der Waals surface area contributed by atoms with E-state index in [4.69, 9.17) is 4.74 Å². The molecule has 24 heavy (non-hydrogen) atoms. The van der Waals surface area contributed by atoms with Gasteiger partial charge in [0.1, 0.15) is 0 Å². The van der Waals surface area contributed by atoms with Gasteiger partial charge >= 0.3 is 0 Å². The molecular weight excluding hydrogens is 364 g/mol. The van der Waals surface area contributed by atoms with Crippen molar-refractivity contribution in [2.24, 2.45) is 0 Å². The van der Waals surface area contributed by atoms with E-state index >= 15 is 0 Å². The number of ether oxygens (including phenoxy) is 1. The first-order chi connectivity index (χ1) is 11.7. The number of nitrogens with zero attached hydrogens (tertiary/aromatic N) is 3. The van der Waals surface area contributed by atoms with Gasteiger partial charge in [0.25, 0.3) is 0 Å². The molecule has 0 radical (unpaired) electrons. The average Bonchev–Trinajstić information content (AvgIpc) is 3.24. The molecule has 6 nitrogen and oxygen atoms in total. The lowest BCUT2D eigenvalue weighted by molar-refractivity contribution is -0.135. The van der Waals surface area contributed by atoms with Crippen LogP contribution in [-0.2, 0) is 16.0 Å². The maximum atomic E-state index is 12.2. The maximum Gasteiger partial charge on any atom is 0.233 e. The van der Waals surface area contributed by atoms with E-state index in [1.54, 1.807) is 11.3 Å². The Balaban J connectivity index is 1.40. The number of morpholine rings is 1. The lowest BCUT2D eigenvalue weighted by atomic mass is 10.3. The highest BCUT2D eigenvalue weighted by atomic mass is 32.2. The summed E-state index contributed by atoms with van der Waals surface area (Å²) in [6, 6.07) is 4.19. The number of nitrogens with one attached hydrogen (secondary N) is 1. The van der Waals surface area contributed by atoms with Crippen LogP contribution in [0.25, 0.3) is 0 Å². The summed E-state index contributed by atoms with van der Waals surface area (Å²) in [6.07, 6.45) is 1.10. The zero-order chi connectivity index (χ0) is 16.8. The third-order valence-electron chi connectivity index (χ3n) is 3.55. The fraction of sp³-hybridized carbons (Fsp3) is 0.533. The number of anilines is 1. The molecule has 1 aliphatic heterocycles. The third kappa shape index (κ3) is 5.17. The largest absolute Gasteiger partial charge is 0.375 e. The van der Waals surface area contributed by atoms with Crippen LogP contribution < -0.4 is 5.32 Å². The van der Waals surface area contributed by atoms with Crippen molar-refractivity contribution >= 4 is 45.5 Å². The lowest BCUT2D eigenvalue weighted by Gasteiger charge is -2.31. The van der Waals surface area contributed by atoms with Crippen LogP contribution >= 0.6 is 34.4 Å². The zero-order valence-electron chi connectivity index (χ0n) is 13.4. The Hall–Kier alpha value is -1.16. The Morgan fingerprint density at radius 1 is 1.54 bits per heavy atom. The molecular formula is C15H20N4O2S3. The highest BCUT2D eigenvalue weighted by Gasteiger charge is 2.21. The van der Waals surface area contributed by atoms with Crippen molar-refractivity contribution in [1.29, 1.82) is 0 Å². The van der Waals surface area contributed by atoms with E-state index in [2.05, 4.69) is 33.0 Å². The average molecular weight is 385 g/mol. The van der Waals surface area contributed by atoms with Gasteiger partial charge in [0, 0.05) is 24.5 Å². The van der Waals surface area contributed by atoms with Crippen LogP contribution in [0.2, 0.25) is 0 Å². The van der Waals surface area contributed by atoms with Gasteiger partial charge in [0.2, 0.25) is 11.0 Å². The smallest absolute Gasteiger partial charge is 0.233 e. The summed E-state index contributed by atoms with van der Waals surface area (Å²) < 4.78 is 6.28. The van der Waals surface area contributed by atoms with Crippen molar-refractivity contribution in [1.82, 2.24) is 15.1 Å². The topological polar surface area (TPSA) is 67.4 Å². The highest BCUT2D eigenvalue weighted by Crippen LogP contribution is 2.26. The molecule has 130 valence electrons. The molecule has 1 unspecified atom stereocenters. The van der Waals surface area contributed by atoms with E-state index in [1.807, 2.05) is 11.8 Å². The van der Waals surface area contributed by atoms with E-state index in [0.717, 1.165) is 22.4 Å². The second-order valence-electron chi connectivity index (χ2n) is 5.44. The number of carbonyl (C=O) groups excluding carboxylic acids is 1. The Kier molecular flexibility index (Phi) is 6.47. The minimum atomic E-state index is 0.119. The molecule has 0 aromatic carbocycles. The number of amides is 1. The lowest BCUT2D eigenvalue weighted by Crippen LogP contribution is -2.45. The fourth-order valence-corrected chi connectivity index (χ4v) is 4.74. The van der Waals surface area contributed by atoms with Crippen molar-refractivity contribution in [2.45, 2.75) is 23.8 Å². The summed E-state index contributed by atoms with van der Waals surface area (Å²) in [5.41, 5.74) is 0. The molecule has 1 saturated heterocycles. The number of thioether (sulfide) groups is 1. The first kappa shape index (κ1) is 17.7.